The maximum Gasteiger partial charge on any atom is 0.303 e. The molecule has 2 heterocycles. The van der Waals surface area contributed by atoms with E-state index in [0.717, 1.165) is 35.0 Å². The van der Waals surface area contributed by atoms with Crippen LogP contribution in [-0.4, -0.2) is 29.8 Å². The minimum atomic E-state index is -0.787. The van der Waals surface area contributed by atoms with E-state index in [1.165, 1.54) is 0 Å². The summed E-state index contributed by atoms with van der Waals surface area (Å²) in [6, 6.07) is 0. The first-order chi connectivity index (χ1) is 8.70. The first-order valence-corrected chi connectivity index (χ1v) is 6.83. The summed E-state index contributed by atoms with van der Waals surface area (Å²) in [6.07, 6.45) is 2.79. The van der Waals surface area contributed by atoms with E-state index in [0.29, 0.717) is 13.0 Å². The number of carboxylic acid groups (broad SMARTS) is 1. The normalized spacial score (nSPS) is 19.3. The minimum Gasteiger partial charge on any atom is -0.481 e. The number of aromatic nitrogens is 1. The van der Waals surface area contributed by atoms with Gasteiger partial charge in [-0.2, -0.15) is 0 Å². The standard InChI is InChI=1S/C12H17NO4S/c1-16-7-8-10(4-5-11(14)15)18-12(13-8)9-3-2-6-17-9/h9H,2-7H2,1H3,(H,14,15). The van der Waals surface area contributed by atoms with Gasteiger partial charge in [0.2, 0.25) is 0 Å². The second-order valence-corrected chi connectivity index (χ2v) is 5.37. The summed E-state index contributed by atoms with van der Waals surface area (Å²) in [5, 5.41) is 9.70. The number of thiazole rings is 1. The molecule has 0 aromatic carbocycles. The molecule has 1 fully saturated rings. The number of hydrogen-bond donors (Lipinski definition) is 1. The number of rotatable bonds is 6. The van der Waals surface area contributed by atoms with Crippen molar-refractivity contribution in [3.63, 3.8) is 0 Å². The van der Waals surface area contributed by atoms with Gasteiger partial charge in [-0.25, -0.2) is 4.98 Å². The Morgan fingerprint density at radius 2 is 2.50 bits per heavy atom. The number of carboxylic acids is 1. The highest BCUT2D eigenvalue weighted by atomic mass is 32.1. The van der Waals surface area contributed by atoms with Crippen LogP contribution in [0.4, 0.5) is 0 Å². The van der Waals surface area contributed by atoms with Gasteiger partial charge in [0.15, 0.2) is 0 Å². The summed E-state index contributed by atoms with van der Waals surface area (Å²) >= 11 is 1.56. The molecule has 18 heavy (non-hydrogen) atoms. The van der Waals surface area contributed by atoms with Crippen molar-refractivity contribution in [3.8, 4) is 0 Å². The maximum atomic E-state index is 10.6. The highest BCUT2D eigenvalue weighted by molar-refractivity contribution is 7.11. The molecule has 1 aromatic heterocycles. The van der Waals surface area contributed by atoms with Crippen molar-refractivity contribution in [2.45, 2.75) is 38.4 Å². The third-order valence-corrected chi connectivity index (χ3v) is 4.10. The molecule has 1 N–H and O–H groups in total. The average molecular weight is 271 g/mol. The van der Waals surface area contributed by atoms with Crippen molar-refractivity contribution in [2.24, 2.45) is 0 Å². The second kappa shape index (κ2) is 6.26. The summed E-state index contributed by atoms with van der Waals surface area (Å²) in [5.41, 5.74) is 0.856. The van der Waals surface area contributed by atoms with Crippen LogP contribution in [-0.2, 0) is 27.3 Å². The van der Waals surface area contributed by atoms with Crippen LogP contribution in [0.5, 0.6) is 0 Å². The fourth-order valence-corrected chi connectivity index (χ4v) is 3.13. The fourth-order valence-electron chi connectivity index (χ4n) is 1.98. The molecule has 6 heteroatoms. The molecule has 1 aliphatic rings. The van der Waals surface area contributed by atoms with Gasteiger partial charge in [-0.05, 0) is 19.3 Å². The molecular formula is C12H17NO4S. The highest BCUT2D eigenvalue weighted by Gasteiger charge is 2.23. The van der Waals surface area contributed by atoms with E-state index >= 15 is 0 Å². The summed E-state index contributed by atoms with van der Waals surface area (Å²) < 4.78 is 10.7. The third kappa shape index (κ3) is 3.28. The predicted octanol–water partition coefficient (Wildman–Crippen LogP) is 2.16. The Morgan fingerprint density at radius 3 is 3.11 bits per heavy atom. The zero-order valence-corrected chi connectivity index (χ0v) is 11.2. The maximum absolute atomic E-state index is 10.6. The number of hydrogen-bond acceptors (Lipinski definition) is 5. The lowest BCUT2D eigenvalue weighted by atomic mass is 10.2. The van der Waals surface area contributed by atoms with Gasteiger partial charge in [0, 0.05) is 18.6 Å². The molecule has 0 spiro atoms. The van der Waals surface area contributed by atoms with E-state index in [4.69, 9.17) is 14.6 Å². The van der Waals surface area contributed by atoms with Gasteiger partial charge in [0.1, 0.15) is 11.1 Å². The lowest BCUT2D eigenvalue weighted by Gasteiger charge is -2.03. The quantitative estimate of drug-likeness (QED) is 0.858. The molecular weight excluding hydrogens is 254 g/mol. The van der Waals surface area contributed by atoms with Gasteiger partial charge in [-0.15, -0.1) is 11.3 Å². The van der Waals surface area contributed by atoms with E-state index in [2.05, 4.69) is 4.98 Å². The zero-order valence-electron chi connectivity index (χ0n) is 10.3. The number of aliphatic carboxylic acids is 1. The number of ether oxygens (including phenoxy) is 2. The molecule has 1 aromatic rings. The smallest absolute Gasteiger partial charge is 0.303 e. The zero-order chi connectivity index (χ0) is 13.0. The molecule has 0 radical (unpaired) electrons. The topological polar surface area (TPSA) is 68.7 Å². The third-order valence-electron chi connectivity index (χ3n) is 2.85. The molecule has 1 atom stereocenters. The number of nitrogens with zero attached hydrogens (tertiary/aromatic N) is 1. The van der Waals surface area contributed by atoms with Gasteiger partial charge in [-0.1, -0.05) is 0 Å². The van der Waals surface area contributed by atoms with Crippen LogP contribution in [0.3, 0.4) is 0 Å². The van der Waals surface area contributed by atoms with Crippen LogP contribution in [0.25, 0.3) is 0 Å². The fraction of sp³-hybridized carbons (Fsp3) is 0.667. The number of aryl methyl sites for hydroxylation is 1. The summed E-state index contributed by atoms with van der Waals surface area (Å²) in [7, 11) is 1.62. The van der Waals surface area contributed by atoms with E-state index < -0.39 is 5.97 Å². The lowest BCUT2D eigenvalue weighted by molar-refractivity contribution is -0.136. The Morgan fingerprint density at radius 1 is 1.67 bits per heavy atom. The summed E-state index contributed by atoms with van der Waals surface area (Å²) in [5.74, 6) is -0.787. The minimum absolute atomic E-state index is 0.0872. The van der Waals surface area contributed by atoms with Crippen LogP contribution >= 0.6 is 11.3 Å². The van der Waals surface area contributed by atoms with Crippen molar-refractivity contribution in [1.82, 2.24) is 4.98 Å². The van der Waals surface area contributed by atoms with Crippen LogP contribution in [0.2, 0.25) is 0 Å². The molecule has 0 bridgehead atoms. The number of carbonyl (C=O) groups is 1. The van der Waals surface area contributed by atoms with Crippen LogP contribution in [0.1, 0.15) is 40.9 Å². The molecule has 1 aliphatic heterocycles. The molecule has 0 amide bonds. The van der Waals surface area contributed by atoms with E-state index in [9.17, 15) is 4.79 Å². The van der Waals surface area contributed by atoms with Gasteiger partial charge < -0.3 is 14.6 Å². The van der Waals surface area contributed by atoms with Crippen molar-refractivity contribution in [1.29, 1.82) is 0 Å². The Labute approximate surface area is 110 Å². The monoisotopic (exact) mass is 271 g/mol. The molecule has 100 valence electrons. The van der Waals surface area contributed by atoms with Crippen molar-refractivity contribution >= 4 is 17.3 Å². The molecule has 2 rings (SSSR count). The molecule has 1 saturated heterocycles. The predicted molar refractivity (Wildman–Crippen MR) is 66.7 cm³/mol. The van der Waals surface area contributed by atoms with E-state index in [-0.39, 0.29) is 12.5 Å². The van der Waals surface area contributed by atoms with Crippen molar-refractivity contribution < 1.29 is 19.4 Å². The highest BCUT2D eigenvalue weighted by Crippen LogP contribution is 2.33. The lowest BCUT2D eigenvalue weighted by Crippen LogP contribution is -1.99. The Balaban J connectivity index is 2.11. The van der Waals surface area contributed by atoms with Crippen LogP contribution in [0, 0.1) is 0 Å². The van der Waals surface area contributed by atoms with Crippen LogP contribution < -0.4 is 0 Å². The first-order valence-electron chi connectivity index (χ1n) is 6.01. The molecule has 1 unspecified atom stereocenters. The van der Waals surface area contributed by atoms with Crippen molar-refractivity contribution in [2.75, 3.05) is 13.7 Å². The molecule has 0 aliphatic carbocycles. The van der Waals surface area contributed by atoms with Gasteiger partial charge >= 0.3 is 5.97 Å². The van der Waals surface area contributed by atoms with Gasteiger partial charge in [0.05, 0.1) is 18.7 Å². The second-order valence-electron chi connectivity index (χ2n) is 4.25. The largest absolute Gasteiger partial charge is 0.481 e. The molecule has 0 saturated carbocycles. The van der Waals surface area contributed by atoms with E-state index in [1.54, 1.807) is 18.4 Å². The SMILES string of the molecule is COCc1nc(C2CCCO2)sc1CCC(=O)O. The van der Waals surface area contributed by atoms with Gasteiger partial charge in [-0.3, -0.25) is 4.79 Å². The average Bonchev–Trinajstić information content (AvgIpc) is 2.95. The summed E-state index contributed by atoms with van der Waals surface area (Å²) in [6.45, 7) is 1.21. The van der Waals surface area contributed by atoms with Crippen LogP contribution in [0.15, 0.2) is 0 Å². The summed E-state index contributed by atoms with van der Waals surface area (Å²) in [4.78, 5) is 16.2. The Kier molecular flexibility index (Phi) is 4.68. The van der Waals surface area contributed by atoms with Gasteiger partial charge in [0.25, 0.3) is 0 Å². The number of methoxy groups -OCH3 is 1. The van der Waals surface area contributed by atoms with Crippen molar-refractivity contribution in [3.05, 3.63) is 15.6 Å². The van der Waals surface area contributed by atoms with E-state index in [1.807, 2.05) is 0 Å². The molecule has 5 nitrogen and oxygen atoms in total. The first kappa shape index (κ1) is 13.5. The Hall–Kier alpha value is -0.980. The Bertz CT molecular complexity index is 412.